The number of nitrogens with zero attached hydrogens (tertiary/aromatic N) is 1. The molecule has 2 unspecified atom stereocenters. The van der Waals surface area contributed by atoms with E-state index in [1.807, 2.05) is 30.3 Å². The number of carboxylic acid groups (broad SMARTS) is 1. The van der Waals surface area contributed by atoms with Gasteiger partial charge in [-0.3, -0.25) is 0 Å². The molecule has 1 heterocycles. The van der Waals surface area contributed by atoms with E-state index in [9.17, 15) is 14.7 Å². The highest BCUT2D eigenvalue weighted by Crippen LogP contribution is 2.25. The number of carbonyl (C=O) groups excluding carboxylic acids is 1. The molecule has 2 atom stereocenters. The fourth-order valence-corrected chi connectivity index (χ4v) is 2.76. The third kappa shape index (κ3) is 3.97. The summed E-state index contributed by atoms with van der Waals surface area (Å²) in [5.41, 5.74) is 1.00. The minimum absolute atomic E-state index is 0.291. The van der Waals surface area contributed by atoms with Crippen LogP contribution in [0.4, 0.5) is 4.79 Å². The highest BCUT2D eigenvalue weighted by atomic mass is 16.4. The fourth-order valence-electron chi connectivity index (χ4n) is 2.76. The van der Waals surface area contributed by atoms with Crippen LogP contribution in [0.1, 0.15) is 31.7 Å². The van der Waals surface area contributed by atoms with Crippen LogP contribution in [-0.2, 0) is 11.3 Å². The average Bonchev–Trinajstić information content (AvgIpc) is 2.52. The van der Waals surface area contributed by atoms with Crippen molar-refractivity contribution in [2.24, 2.45) is 5.92 Å². The molecule has 2 amide bonds. The van der Waals surface area contributed by atoms with Crippen LogP contribution < -0.4 is 5.32 Å². The van der Waals surface area contributed by atoms with E-state index in [-0.39, 0.29) is 6.03 Å². The van der Waals surface area contributed by atoms with Crippen LogP contribution >= 0.6 is 0 Å². The van der Waals surface area contributed by atoms with Gasteiger partial charge < -0.3 is 15.3 Å². The maximum atomic E-state index is 12.2. The molecule has 1 aliphatic rings. The summed E-state index contributed by atoms with van der Waals surface area (Å²) in [7, 11) is 0. The standard InChI is InChI=1S/C16H22N2O3/c1-2-12-8-9-18(14(10-12)15(19)20)16(21)17-11-13-6-4-3-5-7-13/h3-7,12,14H,2,8-11H2,1H3,(H,17,21)(H,19,20). The maximum Gasteiger partial charge on any atom is 0.326 e. The van der Waals surface area contributed by atoms with Crippen molar-refractivity contribution >= 4 is 12.0 Å². The van der Waals surface area contributed by atoms with Gasteiger partial charge >= 0.3 is 12.0 Å². The van der Waals surface area contributed by atoms with Gasteiger partial charge in [-0.25, -0.2) is 9.59 Å². The van der Waals surface area contributed by atoms with Gasteiger partial charge in [-0.05, 0) is 24.3 Å². The zero-order valence-electron chi connectivity index (χ0n) is 12.3. The van der Waals surface area contributed by atoms with E-state index in [0.717, 1.165) is 18.4 Å². The monoisotopic (exact) mass is 290 g/mol. The zero-order valence-corrected chi connectivity index (χ0v) is 12.3. The summed E-state index contributed by atoms with van der Waals surface area (Å²) in [4.78, 5) is 25.1. The normalized spacial score (nSPS) is 21.9. The van der Waals surface area contributed by atoms with Crippen molar-refractivity contribution in [3.8, 4) is 0 Å². The highest BCUT2D eigenvalue weighted by Gasteiger charge is 2.35. The lowest BCUT2D eigenvalue weighted by molar-refractivity contribution is -0.144. The Bertz CT molecular complexity index is 490. The molecule has 21 heavy (non-hydrogen) atoms. The van der Waals surface area contributed by atoms with Crippen LogP contribution in [0.25, 0.3) is 0 Å². The van der Waals surface area contributed by atoms with Crippen molar-refractivity contribution in [1.82, 2.24) is 10.2 Å². The predicted octanol–water partition coefficient (Wildman–Crippen LogP) is 2.47. The van der Waals surface area contributed by atoms with Crippen LogP contribution in [0.15, 0.2) is 30.3 Å². The zero-order chi connectivity index (χ0) is 15.2. The number of rotatable bonds is 4. The van der Waals surface area contributed by atoms with Crippen molar-refractivity contribution in [2.45, 2.75) is 38.8 Å². The van der Waals surface area contributed by atoms with Gasteiger partial charge in [0, 0.05) is 13.1 Å². The number of benzene rings is 1. The van der Waals surface area contributed by atoms with E-state index in [0.29, 0.717) is 25.4 Å². The Balaban J connectivity index is 1.95. The second-order valence-electron chi connectivity index (χ2n) is 5.49. The third-order valence-electron chi connectivity index (χ3n) is 4.12. The van der Waals surface area contributed by atoms with Crippen molar-refractivity contribution in [2.75, 3.05) is 6.54 Å². The predicted molar refractivity (Wildman–Crippen MR) is 79.8 cm³/mol. The van der Waals surface area contributed by atoms with Crippen molar-refractivity contribution in [3.63, 3.8) is 0 Å². The summed E-state index contributed by atoms with van der Waals surface area (Å²) in [6, 6.07) is 8.60. The number of likely N-dealkylation sites (tertiary alicyclic amines) is 1. The van der Waals surface area contributed by atoms with E-state index < -0.39 is 12.0 Å². The van der Waals surface area contributed by atoms with Gasteiger partial charge in [0.25, 0.3) is 0 Å². The molecule has 114 valence electrons. The summed E-state index contributed by atoms with van der Waals surface area (Å²) < 4.78 is 0. The summed E-state index contributed by atoms with van der Waals surface area (Å²) >= 11 is 0. The van der Waals surface area contributed by atoms with Crippen LogP contribution in [0.2, 0.25) is 0 Å². The molecule has 0 spiro atoms. The van der Waals surface area contributed by atoms with Gasteiger partial charge in [-0.15, -0.1) is 0 Å². The summed E-state index contributed by atoms with van der Waals surface area (Å²) in [6.07, 6.45) is 2.38. The van der Waals surface area contributed by atoms with Crippen molar-refractivity contribution in [3.05, 3.63) is 35.9 Å². The highest BCUT2D eigenvalue weighted by molar-refractivity contribution is 5.82. The molecule has 0 radical (unpaired) electrons. The lowest BCUT2D eigenvalue weighted by Crippen LogP contribution is -2.53. The molecular formula is C16H22N2O3. The average molecular weight is 290 g/mol. The molecule has 0 saturated carbocycles. The molecule has 5 heteroatoms. The van der Waals surface area contributed by atoms with Gasteiger partial charge in [-0.2, -0.15) is 0 Å². The number of urea groups is 1. The second-order valence-corrected chi connectivity index (χ2v) is 5.49. The molecular weight excluding hydrogens is 268 g/mol. The lowest BCUT2D eigenvalue weighted by Gasteiger charge is -2.36. The smallest absolute Gasteiger partial charge is 0.326 e. The number of piperidine rings is 1. The molecule has 5 nitrogen and oxygen atoms in total. The molecule has 0 aliphatic carbocycles. The number of carboxylic acids is 1. The van der Waals surface area contributed by atoms with Crippen molar-refractivity contribution < 1.29 is 14.7 Å². The second kappa shape index (κ2) is 7.11. The first kappa shape index (κ1) is 15.4. The number of hydrogen-bond donors (Lipinski definition) is 2. The number of aliphatic carboxylic acids is 1. The molecule has 2 N–H and O–H groups in total. The molecule has 1 aliphatic heterocycles. The number of amides is 2. The third-order valence-corrected chi connectivity index (χ3v) is 4.12. The van der Waals surface area contributed by atoms with Gasteiger partial charge in [0.15, 0.2) is 0 Å². The number of hydrogen-bond acceptors (Lipinski definition) is 2. The van der Waals surface area contributed by atoms with Crippen LogP contribution in [-0.4, -0.2) is 34.6 Å². The van der Waals surface area contributed by atoms with Gasteiger partial charge in [0.05, 0.1) is 0 Å². The largest absolute Gasteiger partial charge is 0.480 e. The molecule has 1 aromatic rings. The van der Waals surface area contributed by atoms with E-state index in [1.54, 1.807) is 0 Å². The van der Waals surface area contributed by atoms with Gasteiger partial charge in [-0.1, -0.05) is 43.7 Å². The van der Waals surface area contributed by atoms with Crippen molar-refractivity contribution in [1.29, 1.82) is 0 Å². The Morgan fingerprint density at radius 3 is 2.67 bits per heavy atom. The van der Waals surface area contributed by atoms with Crippen LogP contribution in [0.5, 0.6) is 0 Å². The maximum absolute atomic E-state index is 12.2. The first-order valence-corrected chi connectivity index (χ1v) is 7.43. The molecule has 0 bridgehead atoms. The first-order chi connectivity index (χ1) is 10.1. The number of carbonyl (C=O) groups is 2. The first-order valence-electron chi connectivity index (χ1n) is 7.43. The molecule has 2 rings (SSSR count). The molecule has 0 aromatic heterocycles. The topological polar surface area (TPSA) is 69.6 Å². The Kier molecular flexibility index (Phi) is 5.20. The van der Waals surface area contributed by atoms with Crippen LogP contribution in [0, 0.1) is 5.92 Å². The van der Waals surface area contributed by atoms with E-state index in [2.05, 4.69) is 12.2 Å². The van der Waals surface area contributed by atoms with Crippen LogP contribution in [0.3, 0.4) is 0 Å². The van der Waals surface area contributed by atoms with E-state index in [1.165, 1.54) is 4.90 Å². The minimum atomic E-state index is -0.914. The molecule has 1 aromatic carbocycles. The Hall–Kier alpha value is -2.04. The summed E-state index contributed by atoms with van der Waals surface area (Å²) in [5, 5.41) is 12.1. The Labute approximate surface area is 125 Å². The summed E-state index contributed by atoms with van der Waals surface area (Å²) in [6.45, 7) is 2.99. The van der Waals surface area contributed by atoms with E-state index in [4.69, 9.17) is 0 Å². The SMILES string of the molecule is CCC1CCN(C(=O)NCc2ccccc2)C(C(=O)O)C1. The molecule has 1 saturated heterocycles. The number of nitrogens with one attached hydrogen (secondary N) is 1. The van der Waals surface area contributed by atoms with Gasteiger partial charge in [0.1, 0.15) is 6.04 Å². The van der Waals surface area contributed by atoms with E-state index >= 15 is 0 Å². The fraction of sp³-hybridized carbons (Fsp3) is 0.500. The quantitative estimate of drug-likeness (QED) is 0.895. The molecule has 1 fully saturated rings. The van der Waals surface area contributed by atoms with Gasteiger partial charge in [0.2, 0.25) is 0 Å². The Morgan fingerprint density at radius 2 is 2.05 bits per heavy atom. The lowest BCUT2D eigenvalue weighted by atomic mass is 9.89. The minimum Gasteiger partial charge on any atom is -0.480 e. The Morgan fingerprint density at radius 1 is 1.33 bits per heavy atom. The summed E-state index contributed by atoms with van der Waals surface area (Å²) in [5.74, 6) is -0.521.